The van der Waals surface area contributed by atoms with Crippen molar-refractivity contribution in [3.05, 3.63) is 15.9 Å². The van der Waals surface area contributed by atoms with E-state index in [2.05, 4.69) is 15.9 Å². The van der Waals surface area contributed by atoms with Crippen LogP contribution in [0.2, 0.25) is 0 Å². The van der Waals surface area contributed by atoms with Crippen LogP contribution in [0.1, 0.15) is 6.42 Å². The fourth-order valence-electron chi connectivity index (χ4n) is 0.856. The SMILES string of the molecule is CN(C(=O)CCCl)c1ccc(Br)s1. The highest BCUT2D eigenvalue weighted by atomic mass is 79.9. The standard InChI is InChI=1S/C8H9BrClNOS/c1-11(7(12)4-5-10)8-3-2-6(9)13-8/h2-3H,4-5H2,1H3. The van der Waals surface area contributed by atoms with Gasteiger partial charge in [0.05, 0.1) is 8.79 Å². The molecule has 0 spiro atoms. The van der Waals surface area contributed by atoms with Crippen LogP contribution in [0.4, 0.5) is 5.00 Å². The van der Waals surface area contributed by atoms with Gasteiger partial charge < -0.3 is 4.90 Å². The van der Waals surface area contributed by atoms with Gasteiger partial charge in [-0.3, -0.25) is 4.79 Å². The summed E-state index contributed by atoms with van der Waals surface area (Å²) in [5, 5.41) is 0.932. The molecule has 1 rings (SSSR count). The molecule has 5 heteroatoms. The number of thiophene rings is 1. The van der Waals surface area contributed by atoms with E-state index in [9.17, 15) is 4.79 Å². The van der Waals surface area contributed by atoms with Gasteiger partial charge in [-0.05, 0) is 28.1 Å². The lowest BCUT2D eigenvalue weighted by molar-refractivity contribution is -0.117. The minimum absolute atomic E-state index is 0.0457. The van der Waals surface area contributed by atoms with Gasteiger partial charge in [-0.15, -0.1) is 22.9 Å². The van der Waals surface area contributed by atoms with E-state index >= 15 is 0 Å². The molecular formula is C8H9BrClNOS. The van der Waals surface area contributed by atoms with Crippen molar-refractivity contribution in [1.82, 2.24) is 0 Å². The molecule has 0 aromatic carbocycles. The molecule has 0 atom stereocenters. The minimum atomic E-state index is 0.0457. The number of amides is 1. The van der Waals surface area contributed by atoms with Crippen LogP contribution >= 0.6 is 38.9 Å². The van der Waals surface area contributed by atoms with E-state index in [0.717, 1.165) is 8.79 Å². The molecule has 72 valence electrons. The van der Waals surface area contributed by atoms with Crippen molar-refractivity contribution < 1.29 is 4.79 Å². The molecule has 0 saturated carbocycles. The predicted molar refractivity (Wildman–Crippen MR) is 60.8 cm³/mol. The van der Waals surface area contributed by atoms with Crippen LogP contribution in [0.15, 0.2) is 15.9 Å². The molecule has 1 amide bonds. The summed E-state index contributed by atoms with van der Waals surface area (Å²) in [4.78, 5) is 13.0. The van der Waals surface area contributed by atoms with Crippen LogP contribution < -0.4 is 4.90 Å². The Morgan fingerprint density at radius 3 is 2.85 bits per heavy atom. The van der Waals surface area contributed by atoms with Crippen molar-refractivity contribution in [1.29, 1.82) is 0 Å². The zero-order chi connectivity index (χ0) is 9.84. The van der Waals surface area contributed by atoms with Crippen LogP contribution in [-0.4, -0.2) is 18.8 Å². The number of carbonyl (C=O) groups excluding carboxylic acids is 1. The average Bonchev–Trinajstić information content (AvgIpc) is 2.51. The summed E-state index contributed by atoms with van der Waals surface area (Å²) in [5.74, 6) is 0.416. The van der Waals surface area contributed by atoms with Crippen LogP contribution in [0.3, 0.4) is 0 Å². The molecule has 13 heavy (non-hydrogen) atoms. The van der Waals surface area contributed by atoms with Gasteiger partial charge in [-0.1, -0.05) is 0 Å². The summed E-state index contributed by atoms with van der Waals surface area (Å²) in [6, 6.07) is 3.82. The number of carbonyl (C=O) groups is 1. The second-order valence-electron chi connectivity index (χ2n) is 2.47. The molecule has 0 aliphatic rings. The lowest BCUT2D eigenvalue weighted by atomic mass is 10.4. The molecule has 0 bridgehead atoms. The predicted octanol–water partition coefficient (Wildman–Crippen LogP) is 3.10. The van der Waals surface area contributed by atoms with Gasteiger partial charge in [-0.25, -0.2) is 0 Å². The highest BCUT2D eigenvalue weighted by Gasteiger charge is 2.11. The molecular weight excluding hydrogens is 274 g/mol. The molecule has 0 aliphatic carbocycles. The summed E-state index contributed by atoms with van der Waals surface area (Å²) >= 11 is 10.4. The van der Waals surface area contributed by atoms with Gasteiger partial charge in [0.15, 0.2) is 0 Å². The van der Waals surface area contributed by atoms with Gasteiger partial charge in [-0.2, -0.15) is 0 Å². The quantitative estimate of drug-likeness (QED) is 0.780. The lowest BCUT2D eigenvalue weighted by Crippen LogP contribution is -2.25. The second-order valence-corrected chi connectivity index (χ2v) is 5.29. The Balaban J connectivity index is 2.67. The number of anilines is 1. The van der Waals surface area contributed by atoms with Crippen molar-refractivity contribution in [2.75, 3.05) is 17.8 Å². The van der Waals surface area contributed by atoms with Crippen LogP contribution in [0.5, 0.6) is 0 Å². The molecule has 0 aliphatic heterocycles. The molecule has 0 fully saturated rings. The van der Waals surface area contributed by atoms with Crippen molar-refractivity contribution in [3.63, 3.8) is 0 Å². The number of hydrogen-bond donors (Lipinski definition) is 0. The number of nitrogens with zero attached hydrogens (tertiary/aromatic N) is 1. The second kappa shape index (κ2) is 4.98. The molecule has 0 unspecified atom stereocenters. The minimum Gasteiger partial charge on any atom is -0.307 e. The Morgan fingerprint density at radius 2 is 2.38 bits per heavy atom. The highest BCUT2D eigenvalue weighted by molar-refractivity contribution is 9.11. The molecule has 2 nitrogen and oxygen atoms in total. The number of alkyl halides is 1. The third-order valence-corrected chi connectivity index (χ3v) is 3.46. The first-order valence-corrected chi connectivity index (χ1v) is 5.87. The molecule has 1 aromatic heterocycles. The zero-order valence-electron chi connectivity index (χ0n) is 7.09. The van der Waals surface area contributed by atoms with E-state index in [0.29, 0.717) is 12.3 Å². The topological polar surface area (TPSA) is 20.3 Å². The number of halogens is 2. The zero-order valence-corrected chi connectivity index (χ0v) is 10.2. The highest BCUT2D eigenvalue weighted by Crippen LogP contribution is 2.29. The fourth-order valence-corrected chi connectivity index (χ4v) is 2.36. The third kappa shape index (κ3) is 2.97. The summed E-state index contributed by atoms with van der Waals surface area (Å²) < 4.78 is 1.02. The maximum absolute atomic E-state index is 11.4. The van der Waals surface area contributed by atoms with Gasteiger partial charge in [0.25, 0.3) is 0 Å². The van der Waals surface area contributed by atoms with E-state index in [1.807, 2.05) is 12.1 Å². The van der Waals surface area contributed by atoms with E-state index in [1.54, 1.807) is 11.9 Å². The van der Waals surface area contributed by atoms with Crippen LogP contribution in [-0.2, 0) is 4.79 Å². The van der Waals surface area contributed by atoms with Gasteiger partial charge in [0.1, 0.15) is 0 Å². The first-order valence-electron chi connectivity index (χ1n) is 3.73. The van der Waals surface area contributed by atoms with Gasteiger partial charge in [0, 0.05) is 19.3 Å². The van der Waals surface area contributed by atoms with Gasteiger partial charge in [0.2, 0.25) is 5.91 Å². The van der Waals surface area contributed by atoms with Crippen molar-refractivity contribution in [3.8, 4) is 0 Å². The lowest BCUT2D eigenvalue weighted by Gasteiger charge is -2.13. The fraction of sp³-hybridized carbons (Fsp3) is 0.375. The summed E-state index contributed by atoms with van der Waals surface area (Å²) in [7, 11) is 1.76. The van der Waals surface area contributed by atoms with Gasteiger partial charge >= 0.3 is 0 Å². The van der Waals surface area contributed by atoms with Crippen molar-refractivity contribution >= 4 is 49.8 Å². The monoisotopic (exact) mass is 281 g/mol. The Labute approximate surface area is 94.6 Å². The summed E-state index contributed by atoms with van der Waals surface area (Å²) in [6.07, 6.45) is 0.383. The molecule has 0 saturated heterocycles. The summed E-state index contributed by atoms with van der Waals surface area (Å²) in [6.45, 7) is 0. The molecule has 0 radical (unpaired) electrons. The Morgan fingerprint density at radius 1 is 1.69 bits per heavy atom. The first-order chi connectivity index (χ1) is 6.15. The molecule has 1 heterocycles. The van der Waals surface area contributed by atoms with Crippen molar-refractivity contribution in [2.45, 2.75) is 6.42 Å². The van der Waals surface area contributed by atoms with E-state index in [-0.39, 0.29) is 5.91 Å². The maximum Gasteiger partial charge on any atom is 0.228 e. The van der Waals surface area contributed by atoms with Crippen LogP contribution in [0, 0.1) is 0 Å². The Hall–Kier alpha value is -0.0600. The van der Waals surface area contributed by atoms with E-state index in [1.165, 1.54) is 11.3 Å². The van der Waals surface area contributed by atoms with Crippen molar-refractivity contribution in [2.24, 2.45) is 0 Å². The normalized spacial score (nSPS) is 10.1. The number of rotatable bonds is 3. The van der Waals surface area contributed by atoms with E-state index < -0.39 is 0 Å². The Kier molecular flexibility index (Phi) is 4.22. The molecule has 0 N–H and O–H groups in total. The smallest absolute Gasteiger partial charge is 0.228 e. The maximum atomic E-state index is 11.4. The van der Waals surface area contributed by atoms with E-state index in [4.69, 9.17) is 11.6 Å². The first kappa shape index (κ1) is 11.0. The third-order valence-electron chi connectivity index (χ3n) is 1.57. The van der Waals surface area contributed by atoms with Crippen LogP contribution in [0.25, 0.3) is 0 Å². The summed E-state index contributed by atoms with van der Waals surface area (Å²) in [5.41, 5.74) is 0. The average molecular weight is 283 g/mol. The molecule has 1 aromatic rings. The largest absolute Gasteiger partial charge is 0.307 e. The Bertz CT molecular complexity index is 302. The number of hydrogen-bond acceptors (Lipinski definition) is 2.